The number of esters is 1. The van der Waals surface area contributed by atoms with Crippen molar-refractivity contribution in [3.05, 3.63) is 18.0 Å². The third kappa shape index (κ3) is 2.35. The normalized spacial score (nSPS) is 23.4. The zero-order valence-corrected chi connectivity index (χ0v) is 8.28. The smallest absolute Gasteiger partial charge is 0.377 e. The highest BCUT2D eigenvalue weighted by Crippen LogP contribution is 2.30. The minimum atomic E-state index is -3.35. The summed E-state index contributed by atoms with van der Waals surface area (Å²) in [6.07, 6.45) is 0.0627. The molecule has 16 heavy (non-hydrogen) atoms. The van der Waals surface area contributed by atoms with Crippen LogP contribution < -0.4 is 5.32 Å². The van der Waals surface area contributed by atoms with Crippen LogP contribution in [0.25, 0.3) is 0 Å². The molecule has 0 amide bonds. The van der Waals surface area contributed by atoms with Gasteiger partial charge in [0.1, 0.15) is 12.4 Å². The maximum atomic E-state index is 12.8. The van der Waals surface area contributed by atoms with Crippen molar-refractivity contribution < 1.29 is 22.8 Å². The van der Waals surface area contributed by atoms with Gasteiger partial charge in [-0.3, -0.25) is 0 Å². The van der Waals surface area contributed by atoms with Crippen LogP contribution >= 0.6 is 0 Å². The molecule has 1 aliphatic heterocycles. The van der Waals surface area contributed by atoms with Gasteiger partial charge in [-0.15, -0.1) is 0 Å². The first-order chi connectivity index (χ1) is 7.58. The fourth-order valence-electron chi connectivity index (χ4n) is 1.45. The lowest BCUT2D eigenvalue weighted by atomic mass is 10.2. The van der Waals surface area contributed by atoms with E-state index in [9.17, 15) is 13.6 Å². The predicted molar refractivity (Wildman–Crippen MR) is 47.7 cm³/mol. The van der Waals surface area contributed by atoms with E-state index in [0.29, 0.717) is 12.2 Å². The maximum Gasteiger partial charge on any atom is 0.377 e. The van der Waals surface area contributed by atoms with Crippen molar-refractivity contribution in [3.8, 4) is 0 Å². The number of ether oxygens (including phenoxy) is 1. The molecule has 0 aliphatic carbocycles. The first kappa shape index (κ1) is 11.0. The Kier molecular flexibility index (Phi) is 2.86. The van der Waals surface area contributed by atoms with Gasteiger partial charge in [-0.25, -0.2) is 4.79 Å². The lowest BCUT2D eigenvalue weighted by Crippen LogP contribution is -2.26. The fourth-order valence-corrected chi connectivity index (χ4v) is 1.45. The molecule has 1 aromatic heterocycles. The molecular formula is C9H10F2N2O3. The van der Waals surface area contributed by atoms with Crippen molar-refractivity contribution >= 4 is 5.97 Å². The van der Waals surface area contributed by atoms with Crippen LogP contribution in [0.15, 0.2) is 16.9 Å². The zero-order valence-electron chi connectivity index (χ0n) is 8.28. The predicted octanol–water partition coefficient (Wildman–Crippen LogP) is 0.715. The second kappa shape index (κ2) is 4.17. The molecule has 1 fully saturated rings. The van der Waals surface area contributed by atoms with Crippen LogP contribution in [-0.4, -0.2) is 29.7 Å². The number of halogens is 2. The minimum absolute atomic E-state index is 0.175. The average Bonchev–Trinajstić information content (AvgIpc) is 2.76. The first-order valence-electron chi connectivity index (χ1n) is 4.77. The molecule has 1 aromatic rings. The largest absolute Gasteiger partial charge is 0.456 e. The van der Waals surface area contributed by atoms with Gasteiger partial charge in [0.05, 0.1) is 12.1 Å². The van der Waals surface area contributed by atoms with E-state index >= 15 is 0 Å². The van der Waals surface area contributed by atoms with E-state index in [1.54, 1.807) is 6.07 Å². The Labute approximate surface area is 89.7 Å². The van der Waals surface area contributed by atoms with Crippen molar-refractivity contribution in [1.82, 2.24) is 10.5 Å². The third-order valence-corrected chi connectivity index (χ3v) is 2.23. The molecule has 1 N–H and O–H groups in total. The molecule has 5 nitrogen and oxygen atoms in total. The topological polar surface area (TPSA) is 64.4 Å². The number of hydrogen-bond donors (Lipinski definition) is 1. The van der Waals surface area contributed by atoms with Crippen molar-refractivity contribution in [2.24, 2.45) is 0 Å². The monoisotopic (exact) mass is 232 g/mol. The molecule has 1 saturated heterocycles. The second-order valence-corrected chi connectivity index (χ2v) is 3.56. The molecular weight excluding hydrogens is 222 g/mol. The molecule has 2 heterocycles. The summed E-state index contributed by atoms with van der Waals surface area (Å²) in [5.41, 5.74) is 0.663. The van der Waals surface area contributed by atoms with E-state index in [1.807, 2.05) is 0 Å². The number of nitrogens with one attached hydrogen (secondary N) is 1. The Morgan fingerprint density at radius 3 is 3.00 bits per heavy atom. The number of carbonyl (C=O) groups excluding carboxylic acids is 1. The van der Waals surface area contributed by atoms with E-state index in [4.69, 9.17) is 0 Å². The summed E-state index contributed by atoms with van der Waals surface area (Å²) in [5, 5.41) is 6.49. The van der Waals surface area contributed by atoms with Gasteiger partial charge in [0.2, 0.25) is 0 Å². The molecule has 0 saturated carbocycles. The van der Waals surface area contributed by atoms with E-state index < -0.39 is 24.4 Å². The lowest BCUT2D eigenvalue weighted by molar-refractivity contribution is -0.159. The highest BCUT2D eigenvalue weighted by molar-refractivity contribution is 5.79. The molecule has 7 heteroatoms. The van der Waals surface area contributed by atoms with Crippen LogP contribution in [0.3, 0.4) is 0 Å². The van der Waals surface area contributed by atoms with Crippen LogP contribution in [0.4, 0.5) is 8.78 Å². The average molecular weight is 232 g/mol. The number of hydrogen-bond acceptors (Lipinski definition) is 5. The van der Waals surface area contributed by atoms with Crippen molar-refractivity contribution in [2.45, 2.75) is 25.0 Å². The van der Waals surface area contributed by atoms with Gasteiger partial charge in [-0.1, -0.05) is 5.16 Å². The number of rotatable bonds is 4. The molecule has 88 valence electrons. The van der Waals surface area contributed by atoms with E-state index in [0.717, 1.165) is 0 Å². The highest BCUT2D eigenvalue weighted by atomic mass is 19.3. The van der Waals surface area contributed by atoms with Crippen LogP contribution in [0.2, 0.25) is 0 Å². The summed E-state index contributed by atoms with van der Waals surface area (Å²) in [4.78, 5) is 10.7. The first-order valence-corrected chi connectivity index (χ1v) is 4.77. The van der Waals surface area contributed by atoms with Crippen LogP contribution in [-0.2, 0) is 16.1 Å². The molecule has 0 radical (unpaired) electrons. The van der Waals surface area contributed by atoms with Gasteiger partial charge < -0.3 is 14.6 Å². The second-order valence-electron chi connectivity index (χ2n) is 3.56. The minimum Gasteiger partial charge on any atom is -0.456 e. The Morgan fingerprint density at radius 1 is 1.62 bits per heavy atom. The van der Waals surface area contributed by atoms with Gasteiger partial charge in [0.15, 0.2) is 0 Å². The number of alkyl halides is 2. The Morgan fingerprint density at radius 2 is 2.44 bits per heavy atom. The number of carbonyl (C=O) groups is 1. The van der Waals surface area contributed by atoms with Gasteiger partial charge in [0, 0.05) is 19.2 Å². The summed E-state index contributed by atoms with van der Waals surface area (Å²) < 4.78 is 34.6. The molecule has 0 spiro atoms. The Bertz CT molecular complexity index is 367. The van der Waals surface area contributed by atoms with Gasteiger partial charge in [-0.2, -0.15) is 8.78 Å². The zero-order chi connectivity index (χ0) is 11.6. The standard InChI is InChI=1S/C9H10F2N2O3/c10-9(11)3-7(16-8(9)14)5-12-4-6-1-2-15-13-6/h1-2,7,12H,3-5H2. The van der Waals surface area contributed by atoms with Crippen molar-refractivity contribution in [3.63, 3.8) is 0 Å². The lowest BCUT2D eigenvalue weighted by Gasteiger charge is -2.08. The molecule has 0 aromatic carbocycles. The van der Waals surface area contributed by atoms with Gasteiger partial charge >= 0.3 is 11.9 Å². The van der Waals surface area contributed by atoms with Crippen LogP contribution in [0.5, 0.6) is 0 Å². The van der Waals surface area contributed by atoms with Gasteiger partial charge in [-0.05, 0) is 0 Å². The van der Waals surface area contributed by atoms with Gasteiger partial charge in [0.25, 0.3) is 0 Å². The fraction of sp³-hybridized carbons (Fsp3) is 0.556. The maximum absolute atomic E-state index is 12.8. The Balaban J connectivity index is 1.74. The molecule has 1 unspecified atom stereocenters. The van der Waals surface area contributed by atoms with Crippen molar-refractivity contribution in [2.75, 3.05) is 6.54 Å². The van der Waals surface area contributed by atoms with E-state index in [2.05, 4.69) is 19.7 Å². The summed E-state index contributed by atoms with van der Waals surface area (Å²) in [5.74, 6) is -4.79. The highest BCUT2D eigenvalue weighted by Gasteiger charge is 2.50. The molecule has 1 atom stereocenters. The molecule has 2 rings (SSSR count). The number of nitrogens with zero attached hydrogens (tertiary/aromatic N) is 1. The molecule has 0 bridgehead atoms. The summed E-state index contributed by atoms with van der Waals surface area (Å²) >= 11 is 0. The number of cyclic esters (lactones) is 1. The summed E-state index contributed by atoms with van der Waals surface area (Å²) in [6, 6.07) is 1.66. The van der Waals surface area contributed by atoms with Crippen LogP contribution in [0, 0.1) is 0 Å². The van der Waals surface area contributed by atoms with Crippen LogP contribution in [0.1, 0.15) is 12.1 Å². The van der Waals surface area contributed by atoms with E-state index in [1.165, 1.54) is 6.26 Å². The van der Waals surface area contributed by atoms with E-state index in [-0.39, 0.29) is 6.54 Å². The Hall–Kier alpha value is -1.50. The molecule has 1 aliphatic rings. The van der Waals surface area contributed by atoms with Crippen molar-refractivity contribution in [1.29, 1.82) is 0 Å². The SMILES string of the molecule is O=C1OC(CNCc2ccon2)CC1(F)F. The quantitative estimate of drug-likeness (QED) is 0.775. The third-order valence-electron chi connectivity index (χ3n) is 2.23. The summed E-state index contributed by atoms with van der Waals surface area (Å²) in [7, 11) is 0. The summed E-state index contributed by atoms with van der Waals surface area (Å²) in [6.45, 7) is 0.560. The number of aromatic nitrogens is 1.